The first kappa shape index (κ1) is 13.4. The van der Waals surface area contributed by atoms with Crippen molar-refractivity contribution in [3.05, 3.63) is 45.1 Å². The lowest BCUT2D eigenvalue weighted by molar-refractivity contribution is 0.406. The van der Waals surface area contributed by atoms with Crippen molar-refractivity contribution < 1.29 is 4.74 Å². The molecule has 1 unspecified atom stereocenters. The van der Waals surface area contributed by atoms with Crippen molar-refractivity contribution in [1.29, 1.82) is 0 Å². The van der Waals surface area contributed by atoms with Gasteiger partial charge in [-0.3, -0.25) is 4.68 Å². The maximum atomic E-state index is 6.26. The fourth-order valence-electron chi connectivity index (χ4n) is 1.85. The van der Waals surface area contributed by atoms with E-state index in [0.29, 0.717) is 10.8 Å². The highest BCUT2D eigenvalue weighted by molar-refractivity contribution is 9.10. The minimum absolute atomic E-state index is 0.391. The van der Waals surface area contributed by atoms with E-state index in [-0.39, 0.29) is 0 Å². The van der Waals surface area contributed by atoms with Crippen LogP contribution in [-0.4, -0.2) is 16.9 Å². The Bertz CT molecular complexity index is 570. The van der Waals surface area contributed by atoms with Crippen molar-refractivity contribution in [2.45, 2.75) is 6.04 Å². The third-order valence-corrected chi connectivity index (χ3v) is 4.09. The molecule has 18 heavy (non-hydrogen) atoms. The summed E-state index contributed by atoms with van der Waals surface area (Å²) in [7, 11) is 3.42. The van der Waals surface area contributed by atoms with E-state index in [1.54, 1.807) is 18.0 Å². The monoisotopic (exact) mass is 329 g/mol. The summed E-state index contributed by atoms with van der Waals surface area (Å²) in [6, 6.07) is 5.27. The third-order valence-electron chi connectivity index (χ3n) is 2.78. The molecule has 0 aliphatic heterocycles. The summed E-state index contributed by atoms with van der Waals surface area (Å²) in [6.45, 7) is 0. The van der Waals surface area contributed by atoms with Crippen LogP contribution >= 0.6 is 27.5 Å². The van der Waals surface area contributed by atoms with Gasteiger partial charge in [-0.15, -0.1) is 0 Å². The molecule has 0 radical (unpaired) electrons. The molecule has 6 heteroatoms. The fourth-order valence-corrected chi connectivity index (χ4v) is 2.47. The standard InChI is InChI=1S/C12H13BrClN3O/c1-17-12(9(18-2)6-16-17)11(15)7-4-3-5-8(13)10(7)14/h3-6,11H,15H2,1-2H3. The van der Waals surface area contributed by atoms with Crippen LogP contribution in [0.5, 0.6) is 5.75 Å². The highest BCUT2D eigenvalue weighted by Crippen LogP contribution is 2.34. The van der Waals surface area contributed by atoms with Crippen molar-refractivity contribution in [3.63, 3.8) is 0 Å². The molecule has 2 N–H and O–H groups in total. The number of aromatic nitrogens is 2. The molecule has 1 atom stereocenters. The van der Waals surface area contributed by atoms with Crippen molar-refractivity contribution in [2.75, 3.05) is 7.11 Å². The molecule has 0 aliphatic rings. The van der Waals surface area contributed by atoms with Gasteiger partial charge in [0.05, 0.1) is 24.4 Å². The third kappa shape index (κ3) is 2.25. The highest BCUT2D eigenvalue weighted by atomic mass is 79.9. The van der Waals surface area contributed by atoms with Crippen molar-refractivity contribution in [2.24, 2.45) is 12.8 Å². The van der Waals surface area contributed by atoms with Gasteiger partial charge in [0.2, 0.25) is 0 Å². The van der Waals surface area contributed by atoms with Gasteiger partial charge in [0, 0.05) is 11.5 Å². The van der Waals surface area contributed by atoms with Crippen LogP contribution in [0, 0.1) is 0 Å². The topological polar surface area (TPSA) is 53.1 Å². The minimum atomic E-state index is -0.391. The van der Waals surface area contributed by atoms with E-state index in [1.807, 2.05) is 25.2 Å². The predicted molar refractivity (Wildman–Crippen MR) is 74.9 cm³/mol. The Hall–Kier alpha value is -1.04. The maximum absolute atomic E-state index is 6.26. The number of nitrogens with two attached hydrogens (primary N) is 1. The van der Waals surface area contributed by atoms with E-state index in [4.69, 9.17) is 22.1 Å². The van der Waals surface area contributed by atoms with Crippen LogP contribution in [0.3, 0.4) is 0 Å². The van der Waals surface area contributed by atoms with Crippen LogP contribution in [0.1, 0.15) is 17.3 Å². The lowest BCUT2D eigenvalue weighted by atomic mass is 10.0. The molecule has 2 rings (SSSR count). The van der Waals surface area contributed by atoms with E-state index in [1.165, 1.54) is 0 Å². The number of rotatable bonds is 3. The summed E-state index contributed by atoms with van der Waals surface area (Å²) >= 11 is 9.65. The Balaban J connectivity index is 2.51. The van der Waals surface area contributed by atoms with Gasteiger partial charge in [-0.25, -0.2) is 0 Å². The van der Waals surface area contributed by atoms with Crippen molar-refractivity contribution in [1.82, 2.24) is 9.78 Å². The molecular weight excluding hydrogens is 318 g/mol. The first-order chi connectivity index (χ1) is 8.56. The van der Waals surface area contributed by atoms with Crippen molar-refractivity contribution >= 4 is 27.5 Å². The number of methoxy groups -OCH3 is 1. The SMILES string of the molecule is COc1cnn(C)c1C(N)c1cccc(Br)c1Cl. The van der Waals surface area contributed by atoms with E-state index < -0.39 is 6.04 Å². The Labute approximate surface area is 119 Å². The molecular formula is C12H13BrClN3O. The molecule has 0 saturated carbocycles. The second-order valence-corrected chi connectivity index (χ2v) is 5.07. The number of aryl methyl sites for hydroxylation is 1. The molecule has 0 bridgehead atoms. The lowest BCUT2D eigenvalue weighted by Crippen LogP contribution is -2.17. The average Bonchev–Trinajstić information content (AvgIpc) is 2.73. The summed E-state index contributed by atoms with van der Waals surface area (Å²) in [5, 5.41) is 4.75. The second kappa shape index (κ2) is 5.30. The van der Waals surface area contributed by atoms with Gasteiger partial charge in [0.1, 0.15) is 5.69 Å². The lowest BCUT2D eigenvalue weighted by Gasteiger charge is -2.16. The van der Waals surface area contributed by atoms with E-state index in [2.05, 4.69) is 21.0 Å². The molecule has 1 aromatic carbocycles. The first-order valence-electron chi connectivity index (χ1n) is 5.31. The van der Waals surface area contributed by atoms with Gasteiger partial charge >= 0.3 is 0 Å². The molecule has 0 amide bonds. The maximum Gasteiger partial charge on any atom is 0.161 e. The molecule has 1 heterocycles. The Morgan fingerprint density at radius 3 is 2.89 bits per heavy atom. The average molecular weight is 331 g/mol. The molecule has 0 fully saturated rings. The zero-order chi connectivity index (χ0) is 13.3. The number of ether oxygens (including phenoxy) is 1. The number of benzene rings is 1. The minimum Gasteiger partial charge on any atom is -0.493 e. The molecule has 2 aromatic rings. The Morgan fingerprint density at radius 1 is 1.50 bits per heavy atom. The molecule has 4 nitrogen and oxygen atoms in total. The Morgan fingerprint density at radius 2 is 2.22 bits per heavy atom. The van der Waals surface area contributed by atoms with Crippen LogP contribution in [0.2, 0.25) is 5.02 Å². The first-order valence-corrected chi connectivity index (χ1v) is 6.48. The summed E-state index contributed by atoms with van der Waals surface area (Å²) in [6.07, 6.45) is 1.64. The zero-order valence-electron chi connectivity index (χ0n) is 10.0. The summed E-state index contributed by atoms with van der Waals surface area (Å²) in [4.78, 5) is 0. The Kier molecular flexibility index (Phi) is 3.94. The smallest absolute Gasteiger partial charge is 0.161 e. The largest absolute Gasteiger partial charge is 0.493 e. The van der Waals surface area contributed by atoms with Crippen LogP contribution in [0.25, 0.3) is 0 Å². The quantitative estimate of drug-likeness (QED) is 0.941. The second-order valence-electron chi connectivity index (χ2n) is 3.84. The molecule has 0 spiro atoms. The molecule has 1 aromatic heterocycles. The van der Waals surface area contributed by atoms with Crippen molar-refractivity contribution in [3.8, 4) is 5.75 Å². The van der Waals surface area contributed by atoms with Gasteiger partial charge in [-0.05, 0) is 27.6 Å². The van der Waals surface area contributed by atoms with Gasteiger partial charge < -0.3 is 10.5 Å². The number of hydrogen-bond acceptors (Lipinski definition) is 3. The van der Waals surface area contributed by atoms with E-state index >= 15 is 0 Å². The predicted octanol–water partition coefficient (Wildman–Crippen LogP) is 2.89. The summed E-state index contributed by atoms with van der Waals surface area (Å²) < 4.78 is 7.77. The van der Waals surface area contributed by atoms with Crippen LogP contribution in [0.4, 0.5) is 0 Å². The highest BCUT2D eigenvalue weighted by Gasteiger charge is 2.21. The van der Waals surface area contributed by atoms with Crippen LogP contribution in [-0.2, 0) is 7.05 Å². The zero-order valence-corrected chi connectivity index (χ0v) is 12.4. The van der Waals surface area contributed by atoms with E-state index in [0.717, 1.165) is 15.7 Å². The molecule has 0 saturated heterocycles. The summed E-state index contributed by atoms with van der Waals surface area (Å²) in [5.74, 6) is 0.654. The normalized spacial score (nSPS) is 12.5. The summed E-state index contributed by atoms with van der Waals surface area (Å²) in [5.41, 5.74) is 7.88. The number of nitrogens with zero attached hydrogens (tertiary/aromatic N) is 2. The molecule has 0 aliphatic carbocycles. The number of halogens is 2. The van der Waals surface area contributed by atoms with Crippen LogP contribution in [0.15, 0.2) is 28.9 Å². The molecule has 96 valence electrons. The fraction of sp³-hybridized carbons (Fsp3) is 0.250. The number of hydrogen-bond donors (Lipinski definition) is 1. The van der Waals surface area contributed by atoms with Gasteiger partial charge in [-0.1, -0.05) is 23.7 Å². The van der Waals surface area contributed by atoms with Gasteiger partial charge in [0.25, 0.3) is 0 Å². The van der Waals surface area contributed by atoms with Gasteiger partial charge in [0.15, 0.2) is 5.75 Å². The van der Waals surface area contributed by atoms with Gasteiger partial charge in [-0.2, -0.15) is 5.10 Å². The van der Waals surface area contributed by atoms with E-state index in [9.17, 15) is 0 Å². The van der Waals surface area contributed by atoms with Crippen LogP contribution < -0.4 is 10.5 Å².